The highest BCUT2D eigenvalue weighted by Crippen LogP contribution is 2.31. The van der Waals surface area contributed by atoms with E-state index in [1.807, 2.05) is 52.0 Å². The fourth-order valence-electron chi connectivity index (χ4n) is 2.61. The predicted octanol–water partition coefficient (Wildman–Crippen LogP) is 5.18. The second-order valence-corrected chi connectivity index (χ2v) is 8.45. The first kappa shape index (κ1) is 21.0. The van der Waals surface area contributed by atoms with Gasteiger partial charge < -0.3 is 4.74 Å². The van der Waals surface area contributed by atoms with Gasteiger partial charge in [-0.1, -0.05) is 44.7 Å². The van der Waals surface area contributed by atoms with Gasteiger partial charge in [-0.15, -0.1) is 10.2 Å². The third-order valence-electron chi connectivity index (χ3n) is 4.32. The first-order valence-corrected chi connectivity index (χ1v) is 10.4. The minimum Gasteiger partial charge on any atom is -0.494 e. The summed E-state index contributed by atoms with van der Waals surface area (Å²) in [5.41, 5.74) is 0.665. The van der Waals surface area contributed by atoms with Gasteiger partial charge >= 0.3 is 0 Å². The summed E-state index contributed by atoms with van der Waals surface area (Å²) in [7, 11) is 0. The molecule has 3 rings (SSSR count). The minimum atomic E-state index is -0.451. The third-order valence-corrected chi connectivity index (χ3v) is 5.25. The number of para-hydroxylation sites is 1. The van der Waals surface area contributed by atoms with Crippen LogP contribution in [0.1, 0.15) is 27.7 Å². The Balaban J connectivity index is 2.02. The van der Waals surface area contributed by atoms with E-state index in [2.05, 4.69) is 10.2 Å². The normalized spacial score (nSPS) is 11.5. The van der Waals surface area contributed by atoms with Crippen molar-refractivity contribution in [3.63, 3.8) is 0 Å². The predicted molar refractivity (Wildman–Crippen MR) is 113 cm³/mol. The van der Waals surface area contributed by atoms with Crippen LogP contribution in [0.5, 0.6) is 5.75 Å². The molecule has 2 aromatic carbocycles. The van der Waals surface area contributed by atoms with E-state index in [0.29, 0.717) is 23.3 Å². The molecule has 0 spiro atoms. The lowest BCUT2D eigenvalue weighted by atomic mass is 9.92. The molecule has 0 radical (unpaired) electrons. The van der Waals surface area contributed by atoms with Crippen molar-refractivity contribution in [1.82, 2.24) is 14.8 Å². The molecular formula is C22H24FN3O2S. The maximum absolute atomic E-state index is 14.6. The van der Waals surface area contributed by atoms with Crippen molar-refractivity contribution in [3.05, 3.63) is 54.3 Å². The Labute approximate surface area is 174 Å². The molecule has 0 aliphatic rings. The van der Waals surface area contributed by atoms with Crippen LogP contribution in [-0.2, 0) is 4.79 Å². The van der Waals surface area contributed by atoms with E-state index in [1.165, 1.54) is 17.8 Å². The Hall–Kier alpha value is -2.67. The van der Waals surface area contributed by atoms with Crippen LogP contribution < -0.4 is 4.74 Å². The zero-order valence-corrected chi connectivity index (χ0v) is 17.8. The van der Waals surface area contributed by atoms with E-state index in [-0.39, 0.29) is 17.4 Å². The number of ketones is 1. The summed E-state index contributed by atoms with van der Waals surface area (Å²) in [6, 6.07) is 13.9. The van der Waals surface area contributed by atoms with Crippen LogP contribution in [0, 0.1) is 11.2 Å². The third kappa shape index (κ3) is 4.85. The number of Topliss-reactive ketones (excluding diaryl/α,β-unsaturated/α-hetero) is 1. The van der Waals surface area contributed by atoms with Crippen LogP contribution in [0.15, 0.2) is 53.7 Å². The van der Waals surface area contributed by atoms with Crippen molar-refractivity contribution in [3.8, 4) is 22.8 Å². The molecule has 1 aromatic heterocycles. The molecule has 152 valence electrons. The summed E-state index contributed by atoms with van der Waals surface area (Å²) in [6.07, 6.45) is 0. The Bertz CT molecular complexity index is 994. The van der Waals surface area contributed by atoms with E-state index >= 15 is 0 Å². The van der Waals surface area contributed by atoms with E-state index in [1.54, 1.807) is 22.8 Å². The van der Waals surface area contributed by atoms with Gasteiger partial charge in [0.2, 0.25) is 0 Å². The van der Waals surface area contributed by atoms with Gasteiger partial charge in [-0.25, -0.2) is 4.39 Å². The number of thioether (sulfide) groups is 1. The first-order chi connectivity index (χ1) is 13.8. The van der Waals surface area contributed by atoms with Crippen LogP contribution in [0.3, 0.4) is 0 Å². The largest absolute Gasteiger partial charge is 0.494 e. The van der Waals surface area contributed by atoms with Gasteiger partial charge in [-0.2, -0.15) is 0 Å². The molecule has 0 unspecified atom stereocenters. The topological polar surface area (TPSA) is 57.0 Å². The number of rotatable bonds is 7. The van der Waals surface area contributed by atoms with Gasteiger partial charge in [-0.05, 0) is 43.3 Å². The average molecular weight is 414 g/mol. The summed E-state index contributed by atoms with van der Waals surface area (Å²) in [5.74, 6) is 1.19. The van der Waals surface area contributed by atoms with Crippen molar-refractivity contribution in [1.29, 1.82) is 0 Å². The SMILES string of the molecule is CCOc1ccc(-c2nnc(SCC(=O)C(C)(C)C)n2-c2ccccc2F)cc1. The number of benzene rings is 2. The summed E-state index contributed by atoms with van der Waals surface area (Å²) in [5, 5.41) is 9.01. The average Bonchev–Trinajstić information content (AvgIpc) is 3.10. The molecule has 0 saturated heterocycles. The van der Waals surface area contributed by atoms with Crippen LogP contribution in [-0.4, -0.2) is 32.9 Å². The minimum absolute atomic E-state index is 0.0909. The zero-order chi connectivity index (χ0) is 21.0. The van der Waals surface area contributed by atoms with Crippen molar-refractivity contribution >= 4 is 17.5 Å². The smallest absolute Gasteiger partial charge is 0.196 e. The van der Waals surface area contributed by atoms with E-state index < -0.39 is 5.41 Å². The second kappa shape index (κ2) is 8.78. The highest BCUT2D eigenvalue weighted by atomic mass is 32.2. The van der Waals surface area contributed by atoms with Crippen molar-refractivity contribution in [2.45, 2.75) is 32.9 Å². The lowest BCUT2D eigenvalue weighted by Gasteiger charge is -2.16. The number of carbonyl (C=O) groups excluding carboxylic acids is 1. The maximum Gasteiger partial charge on any atom is 0.196 e. The molecule has 0 fully saturated rings. The monoisotopic (exact) mass is 413 g/mol. The van der Waals surface area contributed by atoms with Crippen LogP contribution in [0.25, 0.3) is 17.1 Å². The number of nitrogens with zero attached hydrogens (tertiary/aromatic N) is 3. The fraction of sp³-hybridized carbons (Fsp3) is 0.318. The van der Waals surface area contributed by atoms with Crippen molar-refractivity contribution in [2.24, 2.45) is 5.41 Å². The molecule has 0 amide bonds. The number of halogens is 1. The maximum atomic E-state index is 14.6. The van der Waals surface area contributed by atoms with Gasteiger partial charge in [-0.3, -0.25) is 9.36 Å². The lowest BCUT2D eigenvalue weighted by molar-refractivity contribution is -0.123. The first-order valence-electron chi connectivity index (χ1n) is 9.41. The van der Waals surface area contributed by atoms with E-state index in [9.17, 15) is 9.18 Å². The van der Waals surface area contributed by atoms with Crippen LogP contribution in [0.4, 0.5) is 4.39 Å². The molecular weight excluding hydrogens is 389 g/mol. The Morgan fingerprint density at radius 1 is 1.10 bits per heavy atom. The summed E-state index contributed by atoms with van der Waals surface area (Å²) >= 11 is 1.26. The Morgan fingerprint density at radius 2 is 1.79 bits per heavy atom. The van der Waals surface area contributed by atoms with Gasteiger partial charge in [0.05, 0.1) is 18.0 Å². The molecule has 0 saturated carbocycles. The quantitative estimate of drug-likeness (QED) is 0.500. The van der Waals surface area contributed by atoms with E-state index in [0.717, 1.165) is 11.3 Å². The van der Waals surface area contributed by atoms with Gasteiger partial charge in [0.1, 0.15) is 17.3 Å². The zero-order valence-electron chi connectivity index (χ0n) is 17.0. The van der Waals surface area contributed by atoms with Gasteiger partial charge in [0.25, 0.3) is 0 Å². The van der Waals surface area contributed by atoms with Crippen molar-refractivity contribution < 1.29 is 13.9 Å². The molecule has 7 heteroatoms. The number of hydrogen-bond donors (Lipinski definition) is 0. The number of carbonyl (C=O) groups is 1. The van der Waals surface area contributed by atoms with Crippen molar-refractivity contribution in [2.75, 3.05) is 12.4 Å². The standard InChI is InChI=1S/C22H24FN3O2S/c1-5-28-16-12-10-15(11-13-16)20-24-25-21(29-14-19(27)22(2,3)4)26(20)18-9-7-6-8-17(18)23/h6-13H,5,14H2,1-4H3. The molecule has 0 aliphatic heterocycles. The second-order valence-electron chi connectivity index (χ2n) is 7.51. The number of ether oxygens (including phenoxy) is 1. The van der Waals surface area contributed by atoms with Crippen LogP contribution >= 0.6 is 11.8 Å². The molecule has 29 heavy (non-hydrogen) atoms. The molecule has 0 atom stereocenters. The summed E-state index contributed by atoms with van der Waals surface area (Å²) < 4.78 is 21.8. The molecule has 0 N–H and O–H groups in total. The van der Waals surface area contributed by atoms with E-state index in [4.69, 9.17) is 4.74 Å². The highest BCUT2D eigenvalue weighted by Gasteiger charge is 2.24. The lowest BCUT2D eigenvalue weighted by Crippen LogP contribution is -2.22. The highest BCUT2D eigenvalue weighted by molar-refractivity contribution is 7.99. The van der Waals surface area contributed by atoms with Gasteiger partial charge in [0, 0.05) is 11.0 Å². The number of hydrogen-bond acceptors (Lipinski definition) is 5. The van der Waals surface area contributed by atoms with Crippen LogP contribution in [0.2, 0.25) is 0 Å². The molecule has 0 bridgehead atoms. The number of aromatic nitrogens is 3. The molecule has 3 aromatic rings. The fourth-order valence-corrected chi connectivity index (χ4v) is 3.72. The summed E-state index contributed by atoms with van der Waals surface area (Å²) in [6.45, 7) is 8.13. The molecule has 5 nitrogen and oxygen atoms in total. The Morgan fingerprint density at radius 3 is 2.41 bits per heavy atom. The Kier molecular flexibility index (Phi) is 6.37. The molecule has 1 heterocycles. The summed E-state index contributed by atoms with van der Waals surface area (Å²) in [4.78, 5) is 12.4. The van der Waals surface area contributed by atoms with Gasteiger partial charge in [0.15, 0.2) is 11.0 Å². The molecule has 0 aliphatic carbocycles.